The lowest BCUT2D eigenvalue weighted by atomic mass is 10.1. The number of benzene rings is 1. The number of amides is 1. The monoisotopic (exact) mass is 322 g/mol. The summed E-state index contributed by atoms with van der Waals surface area (Å²) in [5, 5.41) is 3.12. The van der Waals surface area contributed by atoms with E-state index in [1.54, 1.807) is 17.2 Å². The number of nitrogens with zero attached hydrogens (tertiary/aromatic N) is 3. The number of imidazole rings is 1. The number of aromatic nitrogens is 2. The van der Waals surface area contributed by atoms with Gasteiger partial charge in [0, 0.05) is 39.1 Å². The summed E-state index contributed by atoms with van der Waals surface area (Å²) in [5.74, 6) is -0.0803. The number of piperazine rings is 1. The summed E-state index contributed by atoms with van der Waals surface area (Å²) in [7, 11) is 1.88. The zero-order chi connectivity index (χ0) is 15.7. The summed E-state index contributed by atoms with van der Waals surface area (Å²) in [5.41, 5.74) is 0.183. The van der Waals surface area contributed by atoms with Crippen molar-refractivity contribution in [3.05, 3.63) is 52.8 Å². The van der Waals surface area contributed by atoms with Crippen molar-refractivity contribution < 1.29 is 9.18 Å². The molecule has 1 unspecified atom stereocenters. The first-order valence-electron chi connectivity index (χ1n) is 7.02. The van der Waals surface area contributed by atoms with E-state index in [2.05, 4.69) is 10.3 Å². The van der Waals surface area contributed by atoms with E-state index in [4.69, 9.17) is 11.6 Å². The SMILES string of the molecule is Cn1ccnc1C1CNCCN1C(=O)c1cccc(F)c1Cl. The minimum atomic E-state index is -0.587. The van der Waals surface area contributed by atoms with E-state index in [-0.39, 0.29) is 22.5 Å². The summed E-state index contributed by atoms with van der Waals surface area (Å²) in [4.78, 5) is 18.8. The van der Waals surface area contributed by atoms with Gasteiger partial charge in [-0.25, -0.2) is 9.37 Å². The van der Waals surface area contributed by atoms with Crippen LogP contribution < -0.4 is 5.32 Å². The predicted molar refractivity (Wildman–Crippen MR) is 81.3 cm³/mol. The van der Waals surface area contributed by atoms with Gasteiger partial charge >= 0.3 is 0 Å². The Kier molecular flexibility index (Phi) is 4.13. The van der Waals surface area contributed by atoms with Crippen molar-refractivity contribution in [3.8, 4) is 0 Å². The summed E-state index contributed by atoms with van der Waals surface area (Å²) in [6, 6.07) is 4.07. The molecule has 1 amide bonds. The number of hydrogen-bond donors (Lipinski definition) is 1. The topological polar surface area (TPSA) is 50.2 Å². The van der Waals surface area contributed by atoms with Crippen LogP contribution in [-0.2, 0) is 7.05 Å². The first-order valence-corrected chi connectivity index (χ1v) is 7.40. The third-order valence-corrected chi connectivity index (χ3v) is 4.23. The largest absolute Gasteiger partial charge is 0.336 e. The van der Waals surface area contributed by atoms with Crippen molar-refractivity contribution in [3.63, 3.8) is 0 Å². The van der Waals surface area contributed by atoms with Crippen LogP contribution >= 0.6 is 11.6 Å². The van der Waals surface area contributed by atoms with Crippen LogP contribution in [0.2, 0.25) is 5.02 Å². The van der Waals surface area contributed by atoms with Gasteiger partial charge in [-0.15, -0.1) is 0 Å². The molecule has 5 nitrogen and oxygen atoms in total. The number of hydrogen-bond acceptors (Lipinski definition) is 3. The van der Waals surface area contributed by atoms with Gasteiger partial charge in [-0.1, -0.05) is 17.7 Å². The van der Waals surface area contributed by atoms with E-state index in [0.29, 0.717) is 19.6 Å². The summed E-state index contributed by atoms with van der Waals surface area (Å²) in [6.45, 7) is 1.80. The number of nitrogens with one attached hydrogen (secondary N) is 1. The standard InChI is InChI=1S/C15H16ClFN4O/c1-20-7-6-19-14(20)12-9-18-5-8-21(12)15(22)10-3-2-4-11(17)13(10)16/h2-4,6-7,12,18H,5,8-9H2,1H3. The van der Waals surface area contributed by atoms with Gasteiger partial charge in [0.15, 0.2) is 0 Å². The normalized spacial score (nSPS) is 18.5. The van der Waals surface area contributed by atoms with Gasteiger partial charge in [0.05, 0.1) is 10.6 Å². The molecular formula is C15H16ClFN4O. The summed E-state index contributed by atoms with van der Waals surface area (Å²) < 4.78 is 15.5. The first-order chi connectivity index (χ1) is 10.6. The average molecular weight is 323 g/mol. The Balaban J connectivity index is 1.95. The molecule has 0 radical (unpaired) electrons. The van der Waals surface area contributed by atoms with E-state index >= 15 is 0 Å². The van der Waals surface area contributed by atoms with E-state index in [1.807, 2.05) is 17.8 Å². The number of rotatable bonds is 2. The van der Waals surface area contributed by atoms with Gasteiger partial charge in [-0.05, 0) is 12.1 Å². The Labute approximate surface area is 132 Å². The first kappa shape index (κ1) is 15.0. The van der Waals surface area contributed by atoms with Crippen LogP contribution in [0, 0.1) is 5.82 Å². The third kappa shape index (κ3) is 2.60. The van der Waals surface area contributed by atoms with E-state index in [9.17, 15) is 9.18 Å². The molecule has 1 aromatic heterocycles. The lowest BCUT2D eigenvalue weighted by Gasteiger charge is -2.36. The molecule has 0 aliphatic carbocycles. The van der Waals surface area contributed by atoms with Crippen LogP contribution in [0.15, 0.2) is 30.6 Å². The molecule has 1 aliphatic rings. The Morgan fingerprint density at radius 2 is 2.32 bits per heavy atom. The van der Waals surface area contributed by atoms with Crippen LogP contribution in [-0.4, -0.2) is 40.0 Å². The summed E-state index contributed by atoms with van der Waals surface area (Å²) in [6.07, 6.45) is 3.53. The molecule has 2 aromatic rings. The molecule has 7 heteroatoms. The second-order valence-corrected chi connectivity index (χ2v) is 5.59. The molecule has 1 aromatic carbocycles. The van der Waals surface area contributed by atoms with Gasteiger partial charge < -0.3 is 14.8 Å². The Bertz CT molecular complexity index is 703. The minimum absolute atomic E-state index is 0.135. The molecule has 22 heavy (non-hydrogen) atoms. The molecule has 1 aliphatic heterocycles. The smallest absolute Gasteiger partial charge is 0.256 e. The molecule has 1 saturated heterocycles. The highest BCUT2D eigenvalue weighted by molar-refractivity contribution is 6.34. The van der Waals surface area contributed by atoms with Crippen LogP contribution in [0.25, 0.3) is 0 Å². The quantitative estimate of drug-likeness (QED) is 0.920. The molecule has 3 rings (SSSR count). The number of aryl methyl sites for hydroxylation is 1. The minimum Gasteiger partial charge on any atom is -0.336 e. The molecule has 1 atom stereocenters. The Morgan fingerprint density at radius 1 is 1.50 bits per heavy atom. The number of halogens is 2. The second kappa shape index (κ2) is 6.06. The molecule has 116 valence electrons. The third-order valence-electron chi connectivity index (χ3n) is 3.84. The van der Waals surface area contributed by atoms with Gasteiger partial charge in [-0.3, -0.25) is 4.79 Å². The fourth-order valence-electron chi connectivity index (χ4n) is 2.70. The highest BCUT2D eigenvalue weighted by atomic mass is 35.5. The van der Waals surface area contributed by atoms with Crippen molar-refractivity contribution in [1.29, 1.82) is 0 Å². The second-order valence-electron chi connectivity index (χ2n) is 5.22. The van der Waals surface area contributed by atoms with Crippen LogP contribution in [0.3, 0.4) is 0 Å². The van der Waals surface area contributed by atoms with E-state index in [0.717, 1.165) is 5.82 Å². The number of carbonyl (C=O) groups excluding carboxylic acids is 1. The highest BCUT2D eigenvalue weighted by Gasteiger charge is 2.32. The average Bonchev–Trinajstić information content (AvgIpc) is 2.95. The highest BCUT2D eigenvalue weighted by Crippen LogP contribution is 2.26. The molecule has 0 saturated carbocycles. The predicted octanol–water partition coefficient (Wildman–Crippen LogP) is 2.00. The zero-order valence-corrected chi connectivity index (χ0v) is 12.8. The fourth-order valence-corrected chi connectivity index (χ4v) is 2.91. The van der Waals surface area contributed by atoms with Gasteiger partial charge in [0.25, 0.3) is 5.91 Å². The van der Waals surface area contributed by atoms with Crippen molar-refractivity contribution in [1.82, 2.24) is 19.8 Å². The maximum absolute atomic E-state index is 13.6. The zero-order valence-electron chi connectivity index (χ0n) is 12.1. The van der Waals surface area contributed by atoms with Crippen molar-refractivity contribution in [2.24, 2.45) is 7.05 Å². The summed E-state index contributed by atoms with van der Waals surface area (Å²) >= 11 is 5.95. The molecule has 0 spiro atoms. The molecule has 2 heterocycles. The lowest BCUT2D eigenvalue weighted by Crippen LogP contribution is -2.49. The Morgan fingerprint density at radius 3 is 3.05 bits per heavy atom. The van der Waals surface area contributed by atoms with Crippen molar-refractivity contribution in [2.75, 3.05) is 19.6 Å². The number of carbonyl (C=O) groups is 1. The van der Waals surface area contributed by atoms with Crippen molar-refractivity contribution >= 4 is 17.5 Å². The van der Waals surface area contributed by atoms with Crippen LogP contribution in [0.1, 0.15) is 22.2 Å². The molecule has 1 N–H and O–H groups in total. The lowest BCUT2D eigenvalue weighted by molar-refractivity contribution is 0.0620. The van der Waals surface area contributed by atoms with Crippen LogP contribution in [0.4, 0.5) is 4.39 Å². The van der Waals surface area contributed by atoms with E-state index < -0.39 is 5.82 Å². The van der Waals surface area contributed by atoms with Gasteiger partial charge in [-0.2, -0.15) is 0 Å². The maximum atomic E-state index is 13.6. The van der Waals surface area contributed by atoms with Gasteiger partial charge in [0.2, 0.25) is 0 Å². The van der Waals surface area contributed by atoms with Crippen LogP contribution in [0.5, 0.6) is 0 Å². The van der Waals surface area contributed by atoms with Gasteiger partial charge in [0.1, 0.15) is 17.7 Å². The fraction of sp³-hybridized carbons (Fsp3) is 0.333. The molecule has 1 fully saturated rings. The molecule has 0 bridgehead atoms. The molecular weight excluding hydrogens is 307 g/mol. The maximum Gasteiger partial charge on any atom is 0.256 e. The van der Waals surface area contributed by atoms with E-state index in [1.165, 1.54) is 12.1 Å². The van der Waals surface area contributed by atoms with Crippen molar-refractivity contribution in [2.45, 2.75) is 6.04 Å². The Hall–Kier alpha value is -1.92.